The SMILES string of the molecule is O=C(NO)C1NCC2(CN1)SC=CCS2. The fourth-order valence-electron chi connectivity index (χ4n) is 1.53. The third kappa shape index (κ3) is 2.48. The Bertz CT molecular complexity index is 277. The van der Waals surface area contributed by atoms with Gasteiger partial charge in [0.2, 0.25) is 0 Å². The molecule has 2 aliphatic heterocycles. The molecule has 2 aliphatic rings. The van der Waals surface area contributed by atoms with E-state index in [4.69, 9.17) is 5.21 Å². The maximum atomic E-state index is 11.1. The first-order chi connectivity index (χ1) is 7.26. The molecule has 4 N–H and O–H groups in total. The smallest absolute Gasteiger partial charge is 0.275 e. The minimum atomic E-state index is -0.493. The predicted octanol–water partition coefficient (Wildman–Crippen LogP) is -0.299. The summed E-state index contributed by atoms with van der Waals surface area (Å²) in [5.74, 6) is 0.568. The Morgan fingerprint density at radius 1 is 1.53 bits per heavy atom. The molecule has 0 atom stereocenters. The van der Waals surface area contributed by atoms with Crippen LogP contribution in [-0.2, 0) is 4.79 Å². The largest absolute Gasteiger partial charge is 0.292 e. The van der Waals surface area contributed by atoms with Crippen molar-refractivity contribution < 1.29 is 10.0 Å². The molecule has 0 saturated carbocycles. The molecule has 7 heteroatoms. The van der Waals surface area contributed by atoms with Gasteiger partial charge in [-0.2, -0.15) is 0 Å². The lowest BCUT2D eigenvalue weighted by Crippen LogP contribution is -2.63. The molecule has 84 valence electrons. The zero-order valence-corrected chi connectivity index (χ0v) is 9.66. The van der Waals surface area contributed by atoms with Crippen molar-refractivity contribution in [2.75, 3.05) is 18.8 Å². The van der Waals surface area contributed by atoms with Crippen LogP contribution in [0.25, 0.3) is 0 Å². The average molecular weight is 247 g/mol. The van der Waals surface area contributed by atoms with Crippen molar-refractivity contribution in [1.29, 1.82) is 0 Å². The van der Waals surface area contributed by atoms with Gasteiger partial charge in [0.25, 0.3) is 5.91 Å². The fraction of sp³-hybridized carbons (Fsp3) is 0.625. The van der Waals surface area contributed by atoms with Crippen molar-refractivity contribution in [2.45, 2.75) is 10.2 Å². The molecule has 0 aromatic heterocycles. The van der Waals surface area contributed by atoms with Crippen LogP contribution in [0.4, 0.5) is 0 Å². The van der Waals surface area contributed by atoms with E-state index < -0.39 is 12.1 Å². The number of rotatable bonds is 1. The third-order valence-electron chi connectivity index (χ3n) is 2.35. The molecule has 2 rings (SSSR count). The lowest BCUT2D eigenvalue weighted by molar-refractivity contribution is -0.132. The monoisotopic (exact) mass is 247 g/mol. The summed E-state index contributed by atoms with van der Waals surface area (Å²) in [6.07, 6.45) is 1.64. The van der Waals surface area contributed by atoms with Gasteiger partial charge in [-0.1, -0.05) is 6.08 Å². The van der Waals surface area contributed by atoms with Gasteiger partial charge in [-0.05, 0) is 5.41 Å². The van der Waals surface area contributed by atoms with Gasteiger partial charge in [-0.25, -0.2) is 5.48 Å². The molecular formula is C8H13N3O2S2. The first-order valence-electron chi connectivity index (χ1n) is 4.63. The van der Waals surface area contributed by atoms with E-state index in [0.29, 0.717) is 0 Å². The molecule has 0 radical (unpaired) electrons. The number of hydroxylamine groups is 1. The van der Waals surface area contributed by atoms with Crippen molar-refractivity contribution in [3.8, 4) is 0 Å². The first kappa shape index (κ1) is 11.3. The summed E-state index contributed by atoms with van der Waals surface area (Å²) in [5.41, 5.74) is 1.63. The minimum Gasteiger partial charge on any atom is -0.292 e. The maximum Gasteiger partial charge on any atom is 0.275 e. The molecule has 0 aromatic rings. The Labute approximate surface area is 96.4 Å². The van der Waals surface area contributed by atoms with Gasteiger partial charge >= 0.3 is 0 Å². The standard InChI is InChI=1S/C8H13N3O2S2/c12-7(11-13)6-9-4-8(5-10-6)14-2-1-3-15-8/h1-2,6,9-10,13H,3-5H2,(H,11,12). The van der Waals surface area contributed by atoms with Crippen molar-refractivity contribution in [3.05, 3.63) is 11.5 Å². The van der Waals surface area contributed by atoms with Gasteiger partial charge in [0, 0.05) is 18.8 Å². The highest BCUT2D eigenvalue weighted by molar-refractivity contribution is 8.20. The van der Waals surface area contributed by atoms with E-state index in [2.05, 4.69) is 22.1 Å². The summed E-state index contributed by atoms with van der Waals surface area (Å²) in [6.45, 7) is 1.50. The molecule has 1 fully saturated rings. The number of hydrogen-bond donors (Lipinski definition) is 4. The summed E-state index contributed by atoms with van der Waals surface area (Å²) < 4.78 is 0.0843. The number of nitrogens with one attached hydrogen (secondary N) is 3. The second-order valence-corrected chi connectivity index (χ2v) is 6.33. The lowest BCUT2D eigenvalue weighted by atomic mass is 10.3. The van der Waals surface area contributed by atoms with Gasteiger partial charge in [0.1, 0.15) is 6.17 Å². The Hall–Kier alpha value is -0.210. The summed E-state index contributed by atoms with van der Waals surface area (Å²) in [5, 5.41) is 16.7. The molecule has 1 amide bonds. The van der Waals surface area contributed by atoms with Crippen molar-refractivity contribution in [2.24, 2.45) is 0 Å². The Morgan fingerprint density at radius 3 is 2.80 bits per heavy atom. The van der Waals surface area contributed by atoms with Crippen LogP contribution in [0.1, 0.15) is 0 Å². The molecule has 2 heterocycles. The molecule has 5 nitrogen and oxygen atoms in total. The lowest BCUT2D eigenvalue weighted by Gasteiger charge is -2.40. The number of hydrogen-bond acceptors (Lipinski definition) is 6. The molecule has 0 aliphatic carbocycles. The second kappa shape index (κ2) is 4.75. The van der Waals surface area contributed by atoms with Gasteiger partial charge < -0.3 is 0 Å². The summed E-state index contributed by atoms with van der Waals surface area (Å²) in [6, 6.07) is 0. The second-order valence-electron chi connectivity index (χ2n) is 3.38. The zero-order valence-electron chi connectivity index (χ0n) is 8.03. The van der Waals surface area contributed by atoms with Crippen LogP contribution >= 0.6 is 23.5 Å². The molecule has 1 saturated heterocycles. The predicted molar refractivity (Wildman–Crippen MR) is 61.6 cm³/mol. The molecular weight excluding hydrogens is 234 g/mol. The van der Waals surface area contributed by atoms with E-state index in [1.165, 1.54) is 0 Å². The molecule has 0 bridgehead atoms. The van der Waals surface area contributed by atoms with Gasteiger partial charge in [0.15, 0.2) is 0 Å². The molecule has 0 unspecified atom stereocenters. The third-order valence-corrected chi connectivity index (χ3v) is 5.21. The highest BCUT2D eigenvalue weighted by Crippen LogP contribution is 2.41. The van der Waals surface area contributed by atoms with Crippen LogP contribution in [0.2, 0.25) is 0 Å². The van der Waals surface area contributed by atoms with E-state index in [-0.39, 0.29) is 4.08 Å². The molecule has 15 heavy (non-hydrogen) atoms. The van der Waals surface area contributed by atoms with E-state index >= 15 is 0 Å². The topological polar surface area (TPSA) is 73.4 Å². The number of thioether (sulfide) groups is 2. The van der Waals surface area contributed by atoms with Gasteiger partial charge in [-0.15, -0.1) is 23.5 Å². The summed E-state index contributed by atoms with van der Waals surface area (Å²) in [7, 11) is 0. The Kier molecular flexibility index (Phi) is 3.57. The highest BCUT2D eigenvalue weighted by atomic mass is 32.2. The minimum absolute atomic E-state index is 0.0843. The quantitative estimate of drug-likeness (QED) is 0.377. The van der Waals surface area contributed by atoms with Crippen LogP contribution < -0.4 is 16.1 Å². The van der Waals surface area contributed by atoms with Crippen molar-refractivity contribution in [1.82, 2.24) is 16.1 Å². The molecule has 1 spiro atoms. The average Bonchev–Trinajstić information content (AvgIpc) is 2.30. The number of amides is 1. The van der Waals surface area contributed by atoms with E-state index in [0.717, 1.165) is 18.8 Å². The van der Waals surface area contributed by atoms with Gasteiger partial charge in [-0.3, -0.25) is 20.6 Å². The van der Waals surface area contributed by atoms with E-state index in [1.54, 1.807) is 17.2 Å². The van der Waals surface area contributed by atoms with Crippen molar-refractivity contribution >= 4 is 29.4 Å². The van der Waals surface area contributed by atoms with E-state index in [1.807, 2.05) is 11.8 Å². The Morgan fingerprint density at radius 2 is 2.27 bits per heavy atom. The van der Waals surface area contributed by atoms with Crippen LogP contribution in [0.15, 0.2) is 11.5 Å². The highest BCUT2D eigenvalue weighted by Gasteiger charge is 2.38. The number of carbonyl (C=O) groups is 1. The van der Waals surface area contributed by atoms with Crippen LogP contribution in [0.5, 0.6) is 0 Å². The maximum absolute atomic E-state index is 11.1. The Balaban J connectivity index is 1.91. The van der Waals surface area contributed by atoms with Crippen LogP contribution in [0, 0.1) is 0 Å². The zero-order chi connectivity index (χ0) is 10.7. The van der Waals surface area contributed by atoms with Crippen molar-refractivity contribution in [3.63, 3.8) is 0 Å². The number of carbonyl (C=O) groups excluding carboxylic acids is 1. The first-order valence-corrected chi connectivity index (χ1v) is 6.50. The normalized spacial score (nSPS) is 35.4. The summed E-state index contributed by atoms with van der Waals surface area (Å²) in [4.78, 5) is 11.1. The fourth-order valence-corrected chi connectivity index (χ4v) is 3.94. The van der Waals surface area contributed by atoms with E-state index in [9.17, 15) is 4.79 Å². The van der Waals surface area contributed by atoms with Crippen LogP contribution in [0.3, 0.4) is 0 Å². The van der Waals surface area contributed by atoms with Crippen LogP contribution in [-0.4, -0.2) is 40.2 Å². The van der Waals surface area contributed by atoms with Gasteiger partial charge in [0.05, 0.1) is 4.08 Å². The summed E-state index contributed by atoms with van der Waals surface area (Å²) >= 11 is 3.64. The molecule has 0 aromatic carbocycles.